The number of carbonyl (C=O) groups excluding carboxylic acids is 2. The van der Waals surface area contributed by atoms with Crippen LogP contribution in [0, 0.1) is 0 Å². The van der Waals surface area contributed by atoms with Crippen molar-refractivity contribution in [2.75, 3.05) is 32.8 Å². The Morgan fingerprint density at radius 2 is 2.14 bits per heavy atom. The van der Waals surface area contributed by atoms with Crippen LogP contribution in [0.15, 0.2) is 5.38 Å². The summed E-state index contributed by atoms with van der Waals surface area (Å²) in [6.07, 6.45) is 0.291. The van der Waals surface area contributed by atoms with Crippen molar-refractivity contribution in [3.63, 3.8) is 0 Å². The van der Waals surface area contributed by atoms with Crippen LogP contribution < -0.4 is 11.1 Å². The minimum Gasteiger partial charge on any atom is -0.378 e. The fourth-order valence-electron chi connectivity index (χ4n) is 1.85. The SMILES string of the molecule is Cl.NCc1nc(C(=O)NCCC(=O)N2CCOCC2)cs1. The van der Waals surface area contributed by atoms with E-state index in [4.69, 9.17) is 10.5 Å². The van der Waals surface area contributed by atoms with Crippen molar-refractivity contribution in [3.8, 4) is 0 Å². The van der Waals surface area contributed by atoms with Crippen LogP contribution in [0.25, 0.3) is 0 Å². The molecule has 2 amide bonds. The number of carbonyl (C=O) groups is 2. The van der Waals surface area contributed by atoms with Gasteiger partial charge in [-0.15, -0.1) is 23.7 Å². The molecule has 2 rings (SSSR count). The molecule has 1 aliphatic heterocycles. The molecular weight excluding hydrogens is 316 g/mol. The van der Waals surface area contributed by atoms with Crippen molar-refractivity contribution < 1.29 is 14.3 Å². The molecule has 0 saturated carbocycles. The molecule has 0 atom stereocenters. The van der Waals surface area contributed by atoms with Gasteiger partial charge in [0.1, 0.15) is 10.7 Å². The molecule has 1 aromatic heterocycles. The van der Waals surface area contributed by atoms with Gasteiger partial charge in [0, 0.05) is 38.0 Å². The molecule has 21 heavy (non-hydrogen) atoms. The van der Waals surface area contributed by atoms with Gasteiger partial charge in [-0.3, -0.25) is 9.59 Å². The van der Waals surface area contributed by atoms with E-state index >= 15 is 0 Å². The second-order valence-electron chi connectivity index (χ2n) is 4.33. The zero-order valence-electron chi connectivity index (χ0n) is 11.5. The predicted molar refractivity (Wildman–Crippen MR) is 81.6 cm³/mol. The molecule has 2 heterocycles. The minimum absolute atomic E-state index is 0. The summed E-state index contributed by atoms with van der Waals surface area (Å²) < 4.78 is 5.18. The molecule has 1 saturated heterocycles. The topological polar surface area (TPSA) is 97.5 Å². The Labute approximate surface area is 133 Å². The maximum absolute atomic E-state index is 11.9. The fourth-order valence-corrected chi connectivity index (χ4v) is 2.51. The van der Waals surface area contributed by atoms with E-state index < -0.39 is 0 Å². The molecule has 0 bridgehead atoms. The molecule has 0 radical (unpaired) electrons. The second kappa shape index (κ2) is 8.93. The van der Waals surface area contributed by atoms with E-state index in [0.717, 1.165) is 5.01 Å². The molecule has 1 aromatic rings. The number of hydrogen-bond donors (Lipinski definition) is 2. The summed E-state index contributed by atoms with van der Waals surface area (Å²) in [5, 5.41) is 5.08. The first kappa shape index (κ1) is 17.8. The molecule has 7 nitrogen and oxygen atoms in total. The first-order chi connectivity index (χ1) is 9.70. The average Bonchev–Trinajstić information content (AvgIpc) is 2.97. The number of aromatic nitrogens is 1. The number of thiazole rings is 1. The summed E-state index contributed by atoms with van der Waals surface area (Å²) in [4.78, 5) is 29.5. The van der Waals surface area contributed by atoms with E-state index in [0.29, 0.717) is 51.5 Å². The number of amides is 2. The van der Waals surface area contributed by atoms with E-state index in [9.17, 15) is 9.59 Å². The smallest absolute Gasteiger partial charge is 0.270 e. The number of nitrogens with two attached hydrogens (primary N) is 1. The monoisotopic (exact) mass is 334 g/mol. The molecule has 1 fully saturated rings. The van der Waals surface area contributed by atoms with Crippen LogP contribution in [0.4, 0.5) is 0 Å². The average molecular weight is 335 g/mol. The number of nitrogens with one attached hydrogen (secondary N) is 1. The van der Waals surface area contributed by atoms with Crippen LogP contribution in [0.3, 0.4) is 0 Å². The zero-order chi connectivity index (χ0) is 14.4. The Morgan fingerprint density at radius 1 is 1.43 bits per heavy atom. The van der Waals surface area contributed by atoms with Gasteiger partial charge in [-0.25, -0.2) is 4.98 Å². The van der Waals surface area contributed by atoms with Gasteiger partial charge in [-0.2, -0.15) is 0 Å². The Morgan fingerprint density at radius 3 is 2.76 bits per heavy atom. The molecule has 0 aromatic carbocycles. The van der Waals surface area contributed by atoms with Gasteiger partial charge < -0.3 is 20.7 Å². The highest BCUT2D eigenvalue weighted by Gasteiger charge is 2.17. The molecule has 9 heteroatoms. The lowest BCUT2D eigenvalue weighted by molar-refractivity contribution is -0.135. The van der Waals surface area contributed by atoms with E-state index in [2.05, 4.69) is 10.3 Å². The summed E-state index contributed by atoms with van der Waals surface area (Å²) in [6.45, 7) is 3.05. The van der Waals surface area contributed by atoms with Gasteiger partial charge in [-0.1, -0.05) is 0 Å². The van der Waals surface area contributed by atoms with Gasteiger partial charge >= 0.3 is 0 Å². The third-order valence-corrected chi connectivity index (χ3v) is 3.82. The Hall–Kier alpha value is -1.22. The van der Waals surface area contributed by atoms with Crippen molar-refractivity contribution in [2.45, 2.75) is 13.0 Å². The quantitative estimate of drug-likeness (QED) is 0.790. The van der Waals surface area contributed by atoms with Crippen LogP contribution in [-0.4, -0.2) is 54.5 Å². The third kappa shape index (κ3) is 5.24. The second-order valence-corrected chi connectivity index (χ2v) is 5.27. The molecule has 0 aliphatic carbocycles. The van der Waals surface area contributed by atoms with E-state index in [-0.39, 0.29) is 24.2 Å². The maximum Gasteiger partial charge on any atom is 0.270 e. The standard InChI is InChI=1S/C12H18N4O3S.ClH/c13-7-10-15-9(8-20-10)12(18)14-2-1-11(17)16-3-5-19-6-4-16;/h8H,1-7,13H2,(H,14,18);1H. The van der Waals surface area contributed by atoms with Crippen LogP contribution in [-0.2, 0) is 16.1 Å². The Balaban J connectivity index is 0.00000220. The minimum atomic E-state index is -0.268. The van der Waals surface area contributed by atoms with Crippen LogP contribution in [0.2, 0.25) is 0 Å². The van der Waals surface area contributed by atoms with Crippen LogP contribution in [0.5, 0.6) is 0 Å². The summed E-state index contributed by atoms with van der Waals surface area (Å²) in [6, 6.07) is 0. The highest BCUT2D eigenvalue weighted by molar-refractivity contribution is 7.09. The fraction of sp³-hybridized carbons (Fsp3) is 0.583. The normalized spacial score (nSPS) is 14.4. The summed E-state index contributed by atoms with van der Waals surface area (Å²) in [7, 11) is 0. The Bertz CT molecular complexity index is 477. The predicted octanol–water partition coefficient (Wildman–Crippen LogP) is 0.00230. The van der Waals surface area contributed by atoms with Crippen molar-refractivity contribution in [3.05, 3.63) is 16.1 Å². The molecule has 0 unspecified atom stereocenters. The molecule has 118 valence electrons. The lowest BCUT2D eigenvalue weighted by Crippen LogP contribution is -2.42. The first-order valence-corrected chi connectivity index (χ1v) is 7.37. The van der Waals surface area contributed by atoms with Gasteiger partial charge in [-0.05, 0) is 0 Å². The molecule has 1 aliphatic rings. The lowest BCUT2D eigenvalue weighted by Gasteiger charge is -2.26. The summed E-state index contributed by atoms with van der Waals surface area (Å²) in [5.41, 5.74) is 5.80. The highest BCUT2D eigenvalue weighted by Crippen LogP contribution is 2.08. The Kier molecular flexibility index (Phi) is 7.58. The summed E-state index contributed by atoms with van der Waals surface area (Å²) >= 11 is 1.35. The van der Waals surface area contributed by atoms with Gasteiger partial charge in [0.25, 0.3) is 5.91 Å². The highest BCUT2D eigenvalue weighted by atomic mass is 35.5. The number of morpholine rings is 1. The lowest BCUT2D eigenvalue weighted by atomic mass is 10.3. The van der Waals surface area contributed by atoms with Crippen LogP contribution >= 0.6 is 23.7 Å². The van der Waals surface area contributed by atoms with E-state index in [1.54, 1.807) is 10.3 Å². The van der Waals surface area contributed by atoms with Crippen LogP contribution in [0.1, 0.15) is 21.9 Å². The number of ether oxygens (including phenoxy) is 1. The zero-order valence-corrected chi connectivity index (χ0v) is 13.2. The number of rotatable bonds is 5. The summed E-state index contributed by atoms with van der Waals surface area (Å²) in [5.74, 6) is -0.231. The largest absolute Gasteiger partial charge is 0.378 e. The molecular formula is C12H19ClN4O3S. The van der Waals surface area contributed by atoms with E-state index in [1.165, 1.54) is 11.3 Å². The van der Waals surface area contributed by atoms with Gasteiger partial charge in [0.2, 0.25) is 5.91 Å². The number of hydrogen-bond acceptors (Lipinski definition) is 6. The third-order valence-electron chi connectivity index (χ3n) is 2.95. The van der Waals surface area contributed by atoms with E-state index in [1.807, 2.05) is 0 Å². The van der Waals surface area contributed by atoms with Crippen molar-refractivity contribution in [2.24, 2.45) is 5.73 Å². The van der Waals surface area contributed by atoms with Crippen molar-refractivity contribution in [1.29, 1.82) is 0 Å². The number of halogens is 1. The first-order valence-electron chi connectivity index (χ1n) is 6.49. The molecule has 0 spiro atoms. The van der Waals surface area contributed by atoms with Gasteiger partial charge in [0.05, 0.1) is 13.2 Å². The van der Waals surface area contributed by atoms with Gasteiger partial charge in [0.15, 0.2) is 0 Å². The molecule has 3 N–H and O–H groups in total. The maximum atomic E-state index is 11.9. The van der Waals surface area contributed by atoms with Crippen molar-refractivity contribution >= 4 is 35.6 Å². The number of nitrogens with zero attached hydrogens (tertiary/aromatic N) is 2. The van der Waals surface area contributed by atoms with Crippen molar-refractivity contribution in [1.82, 2.24) is 15.2 Å².